The van der Waals surface area contributed by atoms with Crippen LogP contribution in [0.1, 0.15) is 47.8 Å². The van der Waals surface area contributed by atoms with E-state index in [1.807, 2.05) is 18.2 Å². The fraction of sp³-hybridized carbons (Fsp3) is 0.250. The van der Waals surface area contributed by atoms with Crippen LogP contribution in [0, 0.1) is 0 Å². The van der Waals surface area contributed by atoms with Gasteiger partial charge in [-0.3, -0.25) is 0 Å². The number of benzene rings is 2. The van der Waals surface area contributed by atoms with Crippen LogP contribution in [-0.2, 0) is 10.2 Å². The lowest BCUT2D eigenvalue weighted by Crippen LogP contribution is -2.10. The van der Waals surface area contributed by atoms with Crippen LogP contribution in [0.3, 0.4) is 0 Å². The smallest absolute Gasteiger partial charge is 0.337 e. The zero-order valence-electron chi connectivity index (χ0n) is 13.6. The fourth-order valence-corrected chi connectivity index (χ4v) is 2.13. The molecule has 2 aromatic rings. The van der Waals surface area contributed by atoms with Gasteiger partial charge in [0.15, 0.2) is 0 Å². The average molecular weight is 294 g/mol. The van der Waals surface area contributed by atoms with Gasteiger partial charge in [0, 0.05) is 0 Å². The lowest BCUT2D eigenvalue weighted by molar-refractivity contribution is 0.0600. The molecule has 2 rings (SSSR count). The van der Waals surface area contributed by atoms with Crippen LogP contribution in [0.4, 0.5) is 0 Å². The van der Waals surface area contributed by atoms with Gasteiger partial charge in [0.05, 0.1) is 12.7 Å². The van der Waals surface area contributed by atoms with Crippen LogP contribution in [0.25, 0.3) is 12.2 Å². The molecule has 0 saturated heterocycles. The minimum Gasteiger partial charge on any atom is -0.465 e. The number of methoxy groups -OCH3 is 1. The lowest BCUT2D eigenvalue weighted by atomic mass is 9.87. The molecule has 0 amide bonds. The van der Waals surface area contributed by atoms with Crippen molar-refractivity contribution in [1.29, 1.82) is 0 Å². The molecule has 0 fully saturated rings. The molecule has 22 heavy (non-hydrogen) atoms. The monoisotopic (exact) mass is 294 g/mol. The number of ether oxygens (including phenoxy) is 1. The minimum atomic E-state index is -0.312. The van der Waals surface area contributed by atoms with Gasteiger partial charge in [0.1, 0.15) is 0 Å². The number of hydrogen-bond donors (Lipinski definition) is 0. The quantitative estimate of drug-likeness (QED) is 0.592. The first-order valence-corrected chi connectivity index (χ1v) is 7.37. The highest BCUT2D eigenvalue weighted by atomic mass is 16.5. The van der Waals surface area contributed by atoms with E-state index in [1.165, 1.54) is 12.7 Å². The summed E-state index contributed by atoms with van der Waals surface area (Å²) in [4.78, 5) is 11.4. The van der Waals surface area contributed by atoms with E-state index in [-0.39, 0.29) is 11.4 Å². The maximum absolute atomic E-state index is 11.4. The zero-order chi connectivity index (χ0) is 16.2. The molecule has 0 aliphatic carbocycles. The third kappa shape index (κ3) is 4.08. The van der Waals surface area contributed by atoms with E-state index in [1.54, 1.807) is 12.1 Å². The number of rotatable bonds is 3. The average Bonchev–Trinajstić information content (AvgIpc) is 2.52. The highest BCUT2D eigenvalue weighted by molar-refractivity contribution is 5.89. The molecular weight excluding hydrogens is 272 g/mol. The fourth-order valence-electron chi connectivity index (χ4n) is 2.13. The summed E-state index contributed by atoms with van der Waals surface area (Å²) in [5.41, 5.74) is 4.27. The van der Waals surface area contributed by atoms with Crippen molar-refractivity contribution >= 4 is 18.1 Å². The molecule has 0 radical (unpaired) electrons. The molecule has 2 heteroatoms. The lowest BCUT2D eigenvalue weighted by Gasteiger charge is -2.18. The van der Waals surface area contributed by atoms with Gasteiger partial charge < -0.3 is 4.74 Å². The Kier molecular flexibility index (Phi) is 4.81. The van der Waals surface area contributed by atoms with Gasteiger partial charge >= 0.3 is 5.97 Å². The van der Waals surface area contributed by atoms with Crippen molar-refractivity contribution < 1.29 is 9.53 Å². The van der Waals surface area contributed by atoms with Crippen molar-refractivity contribution in [3.8, 4) is 0 Å². The number of carbonyl (C=O) groups is 1. The van der Waals surface area contributed by atoms with E-state index in [0.717, 1.165) is 11.1 Å². The van der Waals surface area contributed by atoms with Crippen molar-refractivity contribution in [1.82, 2.24) is 0 Å². The van der Waals surface area contributed by atoms with Gasteiger partial charge in [-0.2, -0.15) is 0 Å². The molecule has 0 aliphatic heterocycles. The molecule has 0 bridgehead atoms. The summed E-state index contributed by atoms with van der Waals surface area (Å²) in [5, 5.41) is 0. The second-order valence-electron chi connectivity index (χ2n) is 6.32. The van der Waals surface area contributed by atoms with Gasteiger partial charge in [0.2, 0.25) is 0 Å². The molecule has 0 saturated carbocycles. The third-order valence-electron chi connectivity index (χ3n) is 3.58. The molecule has 2 nitrogen and oxygen atoms in total. The molecule has 0 atom stereocenters. The molecule has 2 aromatic carbocycles. The summed E-state index contributed by atoms with van der Waals surface area (Å²) < 4.78 is 4.69. The topological polar surface area (TPSA) is 26.3 Å². The Balaban J connectivity index is 2.10. The minimum absolute atomic E-state index is 0.173. The number of esters is 1. The summed E-state index contributed by atoms with van der Waals surface area (Å²) in [6.07, 6.45) is 4.10. The predicted molar refractivity (Wildman–Crippen MR) is 91.9 cm³/mol. The van der Waals surface area contributed by atoms with Crippen molar-refractivity contribution in [3.63, 3.8) is 0 Å². The van der Waals surface area contributed by atoms with Crippen LogP contribution >= 0.6 is 0 Å². The van der Waals surface area contributed by atoms with Gasteiger partial charge in [-0.1, -0.05) is 69.3 Å². The Labute approximate surface area is 132 Å². The van der Waals surface area contributed by atoms with Crippen LogP contribution in [-0.4, -0.2) is 13.1 Å². The number of hydrogen-bond acceptors (Lipinski definition) is 2. The largest absolute Gasteiger partial charge is 0.465 e. The summed E-state index contributed by atoms with van der Waals surface area (Å²) in [6, 6.07) is 15.9. The number of carbonyl (C=O) groups excluding carboxylic acids is 1. The van der Waals surface area contributed by atoms with Crippen LogP contribution < -0.4 is 0 Å². The summed E-state index contributed by atoms with van der Waals surface area (Å²) in [7, 11) is 1.39. The van der Waals surface area contributed by atoms with Gasteiger partial charge in [-0.05, 0) is 34.2 Å². The summed E-state index contributed by atoms with van der Waals surface area (Å²) in [5.74, 6) is -0.312. The SMILES string of the molecule is COC(=O)c1ccc(/C=C\c2ccc(C(C)(C)C)cc2)cc1. The Morgan fingerprint density at radius 3 is 1.73 bits per heavy atom. The normalized spacial score (nSPS) is 11.6. The molecule has 0 spiro atoms. The molecule has 114 valence electrons. The standard InChI is InChI=1S/C20H22O2/c1-20(2,3)18-13-9-16(10-14-18)6-5-15-7-11-17(12-8-15)19(21)22-4/h5-14H,1-4H3/b6-5-. The van der Waals surface area contributed by atoms with Crippen molar-refractivity contribution in [2.24, 2.45) is 0 Å². The first-order chi connectivity index (χ1) is 10.4. The Morgan fingerprint density at radius 2 is 1.32 bits per heavy atom. The van der Waals surface area contributed by atoms with Crippen molar-refractivity contribution in [2.45, 2.75) is 26.2 Å². The Hall–Kier alpha value is -2.35. The van der Waals surface area contributed by atoms with E-state index < -0.39 is 0 Å². The summed E-state index contributed by atoms with van der Waals surface area (Å²) in [6.45, 7) is 6.63. The Bertz CT molecular complexity index is 656. The zero-order valence-corrected chi connectivity index (χ0v) is 13.6. The second kappa shape index (κ2) is 6.61. The highest BCUT2D eigenvalue weighted by Crippen LogP contribution is 2.22. The van der Waals surface area contributed by atoms with Gasteiger partial charge in [-0.15, -0.1) is 0 Å². The molecule has 0 aromatic heterocycles. The van der Waals surface area contributed by atoms with E-state index in [2.05, 4.69) is 55.8 Å². The summed E-state index contributed by atoms with van der Waals surface area (Å²) >= 11 is 0. The van der Waals surface area contributed by atoms with Crippen molar-refractivity contribution in [3.05, 3.63) is 70.8 Å². The van der Waals surface area contributed by atoms with E-state index in [4.69, 9.17) is 0 Å². The first kappa shape index (κ1) is 16.0. The maximum Gasteiger partial charge on any atom is 0.337 e. The second-order valence-corrected chi connectivity index (χ2v) is 6.32. The van der Waals surface area contributed by atoms with Crippen LogP contribution in [0.2, 0.25) is 0 Å². The molecule has 0 unspecified atom stereocenters. The van der Waals surface area contributed by atoms with Gasteiger partial charge in [-0.25, -0.2) is 4.79 Å². The van der Waals surface area contributed by atoms with Crippen LogP contribution in [0.15, 0.2) is 48.5 Å². The maximum atomic E-state index is 11.4. The highest BCUT2D eigenvalue weighted by Gasteiger charge is 2.12. The van der Waals surface area contributed by atoms with Crippen LogP contribution in [0.5, 0.6) is 0 Å². The third-order valence-corrected chi connectivity index (χ3v) is 3.58. The molecule has 0 heterocycles. The van der Waals surface area contributed by atoms with E-state index >= 15 is 0 Å². The van der Waals surface area contributed by atoms with E-state index in [9.17, 15) is 4.79 Å². The molecule has 0 N–H and O–H groups in total. The molecular formula is C20H22O2. The van der Waals surface area contributed by atoms with Crippen molar-refractivity contribution in [2.75, 3.05) is 7.11 Å². The first-order valence-electron chi connectivity index (χ1n) is 7.37. The van der Waals surface area contributed by atoms with Gasteiger partial charge in [0.25, 0.3) is 0 Å². The Morgan fingerprint density at radius 1 is 0.864 bits per heavy atom. The molecule has 0 aliphatic rings. The predicted octanol–water partition coefficient (Wildman–Crippen LogP) is 4.94. The van der Waals surface area contributed by atoms with E-state index in [0.29, 0.717) is 5.56 Å².